The Kier molecular flexibility index (Phi) is 2.75. The second-order valence-electron chi connectivity index (χ2n) is 4.53. The number of carbonyl (C=O) groups is 3. The van der Waals surface area contributed by atoms with Crippen LogP contribution in [-0.2, 0) is 9.59 Å². The van der Waals surface area contributed by atoms with Gasteiger partial charge in [-0.2, -0.15) is 0 Å². The zero-order valence-electron chi connectivity index (χ0n) is 10.00. The van der Waals surface area contributed by atoms with Gasteiger partial charge in [-0.05, 0) is 0 Å². The van der Waals surface area contributed by atoms with Gasteiger partial charge in [0.2, 0.25) is 11.8 Å². The third-order valence-electron chi connectivity index (χ3n) is 3.10. The molecule has 9 nitrogen and oxygen atoms in total. The van der Waals surface area contributed by atoms with E-state index in [1.54, 1.807) is 10.9 Å². The Hall–Kier alpha value is -2.29. The summed E-state index contributed by atoms with van der Waals surface area (Å²) < 4.78 is 1.62. The van der Waals surface area contributed by atoms with E-state index in [0.29, 0.717) is 0 Å². The molecule has 19 heavy (non-hydrogen) atoms. The Balaban J connectivity index is 1.73. The lowest BCUT2D eigenvalue weighted by molar-refractivity contribution is -0.135. The molecule has 2 aliphatic rings. The summed E-state index contributed by atoms with van der Waals surface area (Å²) in [6.45, 7) is 1.31. The Labute approximate surface area is 107 Å². The van der Waals surface area contributed by atoms with Crippen LogP contribution in [-0.4, -0.2) is 63.8 Å². The van der Waals surface area contributed by atoms with Gasteiger partial charge in [0, 0.05) is 13.1 Å². The van der Waals surface area contributed by atoms with Gasteiger partial charge in [0.1, 0.15) is 13.1 Å². The number of rotatable bonds is 2. The number of amides is 3. The van der Waals surface area contributed by atoms with Crippen molar-refractivity contribution in [2.24, 2.45) is 0 Å². The van der Waals surface area contributed by atoms with E-state index in [2.05, 4.69) is 20.9 Å². The van der Waals surface area contributed by atoms with Crippen molar-refractivity contribution >= 4 is 17.7 Å². The van der Waals surface area contributed by atoms with E-state index in [1.807, 2.05) is 0 Å². The van der Waals surface area contributed by atoms with Crippen molar-refractivity contribution < 1.29 is 14.4 Å². The van der Waals surface area contributed by atoms with Gasteiger partial charge in [-0.25, -0.2) is 4.68 Å². The molecule has 100 valence electrons. The minimum Gasteiger partial charge on any atom is -0.319 e. The van der Waals surface area contributed by atoms with Crippen LogP contribution in [0.5, 0.6) is 0 Å². The maximum atomic E-state index is 12.1. The molecule has 3 amide bonds. The Morgan fingerprint density at radius 1 is 1.26 bits per heavy atom. The van der Waals surface area contributed by atoms with Crippen LogP contribution >= 0.6 is 0 Å². The van der Waals surface area contributed by atoms with Crippen molar-refractivity contribution in [2.45, 2.75) is 6.04 Å². The van der Waals surface area contributed by atoms with Gasteiger partial charge in [0.15, 0.2) is 5.69 Å². The zero-order chi connectivity index (χ0) is 13.4. The summed E-state index contributed by atoms with van der Waals surface area (Å²) in [5, 5.41) is 12.9. The van der Waals surface area contributed by atoms with Crippen molar-refractivity contribution in [1.29, 1.82) is 0 Å². The van der Waals surface area contributed by atoms with E-state index in [1.165, 1.54) is 0 Å². The second-order valence-corrected chi connectivity index (χ2v) is 4.53. The molecule has 2 aliphatic heterocycles. The highest BCUT2D eigenvalue weighted by Gasteiger charge is 2.29. The first-order valence-electron chi connectivity index (χ1n) is 5.88. The quantitative estimate of drug-likeness (QED) is 0.572. The molecular formula is C10H12N6O3. The standard InChI is InChI=1S/C10H12N6O3/c17-8-4-15(5-9(18)12-8)10(19)7-3-16(14-13-7)6-1-11-2-6/h3,6,11H,1-2,4-5H2,(H,12,17,18). The molecule has 2 N–H and O–H groups in total. The molecule has 0 unspecified atom stereocenters. The molecule has 0 saturated carbocycles. The molecule has 2 saturated heterocycles. The average Bonchev–Trinajstić information content (AvgIpc) is 2.73. The van der Waals surface area contributed by atoms with Gasteiger partial charge in [-0.1, -0.05) is 5.21 Å². The van der Waals surface area contributed by atoms with Crippen LogP contribution in [0.3, 0.4) is 0 Å². The van der Waals surface area contributed by atoms with E-state index in [0.717, 1.165) is 18.0 Å². The summed E-state index contributed by atoms with van der Waals surface area (Å²) in [6, 6.07) is 0.209. The number of aromatic nitrogens is 3. The predicted octanol–water partition coefficient (Wildman–Crippen LogP) is -2.48. The van der Waals surface area contributed by atoms with E-state index < -0.39 is 17.7 Å². The number of hydrogen-bond donors (Lipinski definition) is 2. The first kappa shape index (κ1) is 11.8. The maximum absolute atomic E-state index is 12.1. The third kappa shape index (κ3) is 2.19. The van der Waals surface area contributed by atoms with Crippen LogP contribution in [0.25, 0.3) is 0 Å². The number of nitrogens with zero attached hydrogens (tertiary/aromatic N) is 4. The van der Waals surface area contributed by atoms with Crippen molar-refractivity contribution in [1.82, 2.24) is 30.5 Å². The Morgan fingerprint density at radius 2 is 1.95 bits per heavy atom. The lowest BCUT2D eigenvalue weighted by Crippen LogP contribution is -2.53. The largest absolute Gasteiger partial charge is 0.319 e. The van der Waals surface area contributed by atoms with Crippen LogP contribution < -0.4 is 10.6 Å². The van der Waals surface area contributed by atoms with Crippen LogP contribution in [0.4, 0.5) is 0 Å². The summed E-state index contributed by atoms with van der Waals surface area (Å²) in [5.41, 5.74) is 0.148. The molecule has 3 rings (SSSR count). The summed E-state index contributed by atoms with van der Waals surface area (Å²) in [4.78, 5) is 35.7. The van der Waals surface area contributed by atoms with E-state index in [9.17, 15) is 14.4 Å². The summed E-state index contributed by atoms with van der Waals surface area (Å²) in [6.07, 6.45) is 1.55. The minimum absolute atomic E-state index is 0.136. The molecule has 1 aromatic rings. The van der Waals surface area contributed by atoms with Crippen LogP contribution in [0.2, 0.25) is 0 Å². The summed E-state index contributed by atoms with van der Waals surface area (Å²) in [7, 11) is 0. The fourth-order valence-electron chi connectivity index (χ4n) is 1.96. The van der Waals surface area contributed by atoms with Gasteiger partial charge in [0.05, 0.1) is 12.2 Å². The molecule has 0 aliphatic carbocycles. The SMILES string of the molecule is O=C1CN(C(=O)c2cn(C3CNC3)nn2)CC(=O)N1. The first-order valence-corrected chi connectivity index (χ1v) is 5.88. The molecule has 0 bridgehead atoms. The second kappa shape index (κ2) is 4.43. The lowest BCUT2D eigenvalue weighted by atomic mass is 10.2. The molecule has 0 atom stereocenters. The fraction of sp³-hybridized carbons (Fsp3) is 0.500. The van der Waals surface area contributed by atoms with Crippen LogP contribution in [0, 0.1) is 0 Å². The average molecular weight is 264 g/mol. The summed E-state index contributed by atoms with van der Waals surface area (Å²) >= 11 is 0. The van der Waals surface area contributed by atoms with E-state index >= 15 is 0 Å². The molecule has 0 spiro atoms. The Morgan fingerprint density at radius 3 is 2.53 bits per heavy atom. The Bertz CT molecular complexity index is 533. The highest BCUT2D eigenvalue weighted by molar-refractivity contribution is 6.05. The zero-order valence-corrected chi connectivity index (χ0v) is 10.00. The molecule has 9 heteroatoms. The highest BCUT2D eigenvalue weighted by atomic mass is 16.2. The van der Waals surface area contributed by atoms with E-state index in [4.69, 9.17) is 0 Å². The highest BCUT2D eigenvalue weighted by Crippen LogP contribution is 2.11. The smallest absolute Gasteiger partial charge is 0.276 e. The summed E-state index contributed by atoms with van der Waals surface area (Å²) in [5.74, 6) is -1.43. The van der Waals surface area contributed by atoms with Gasteiger partial charge in [-0.3, -0.25) is 19.7 Å². The minimum atomic E-state index is -0.486. The number of hydrogen-bond acceptors (Lipinski definition) is 6. The van der Waals surface area contributed by atoms with Crippen molar-refractivity contribution in [3.8, 4) is 0 Å². The van der Waals surface area contributed by atoms with Gasteiger partial charge >= 0.3 is 0 Å². The van der Waals surface area contributed by atoms with Crippen molar-refractivity contribution in [3.63, 3.8) is 0 Å². The van der Waals surface area contributed by atoms with E-state index in [-0.39, 0.29) is 24.8 Å². The molecule has 0 radical (unpaired) electrons. The molecule has 0 aromatic carbocycles. The fourth-order valence-corrected chi connectivity index (χ4v) is 1.96. The topological polar surface area (TPSA) is 109 Å². The number of imide groups is 1. The van der Waals surface area contributed by atoms with Crippen LogP contribution in [0.15, 0.2) is 6.20 Å². The number of nitrogens with one attached hydrogen (secondary N) is 2. The van der Waals surface area contributed by atoms with Gasteiger partial charge < -0.3 is 10.2 Å². The molecule has 3 heterocycles. The lowest BCUT2D eigenvalue weighted by Gasteiger charge is -2.26. The molecule has 1 aromatic heterocycles. The van der Waals surface area contributed by atoms with Gasteiger partial charge in [-0.15, -0.1) is 5.10 Å². The normalized spacial score (nSPS) is 20.1. The number of carbonyl (C=O) groups excluding carboxylic acids is 3. The van der Waals surface area contributed by atoms with Crippen molar-refractivity contribution in [3.05, 3.63) is 11.9 Å². The third-order valence-corrected chi connectivity index (χ3v) is 3.10. The molecular weight excluding hydrogens is 252 g/mol. The van der Waals surface area contributed by atoms with Crippen molar-refractivity contribution in [2.75, 3.05) is 26.2 Å². The first-order chi connectivity index (χ1) is 9.13. The monoisotopic (exact) mass is 264 g/mol. The maximum Gasteiger partial charge on any atom is 0.276 e. The number of piperazine rings is 1. The van der Waals surface area contributed by atoms with Crippen LogP contribution in [0.1, 0.15) is 16.5 Å². The predicted molar refractivity (Wildman–Crippen MR) is 61.0 cm³/mol. The van der Waals surface area contributed by atoms with Gasteiger partial charge in [0.25, 0.3) is 5.91 Å². The molecule has 2 fully saturated rings.